The SMILES string of the molecule is CCCNC(=O)OC[C@@]12CO[C@H](c3ccc4c(c3)OCO4)[C@@H](C(C)=C[C@H]1C)[C@H]2C. The number of fused-ring (bicyclic) bond motifs is 3. The molecule has 1 aromatic carbocycles. The molecule has 1 saturated heterocycles. The maximum Gasteiger partial charge on any atom is 0.407 e. The monoisotopic (exact) mass is 401 g/mol. The number of ether oxygens (including phenoxy) is 4. The second kappa shape index (κ2) is 7.90. The summed E-state index contributed by atoms with van der Waals surface area (Å²) in [5.41, 5.74) is 2.21. The molecule has 0 saturated carbocycles. The average molecular weight is 402 g/mol. The standard InChI is InChI=1S/C23H31NO5/c1-5-8-24-22(25)27-12-23-11-26-21(20(16(23)4)14(2)9-15(23)3)17-6-7-18-19(10-17)29-13-28-18/h6-7,9-10,15-16,20-21H,5,8,11-13H2,1-4H3,(H,24,25)/t15-,16-,20+,21-,23+/m1/s1. The molecule has 1 aliphatic carbocycles. The van der Waals surface area contributed by atoms with Crippen LogP contribution in [0, 0.1) is 23.2 Å². The molecule has 4 rings (SSSR count). The Morgan fingerprint density at radius 2 is 2.07 bits per heavy atom. The van der Waals surface area contributed by atoms with Gasteiger partial charge in [-0.2, -0.15) is 0 Å². The number of hydrogen-bond donors (Lipinski definition) is 1. The zero-order valence-corrected chi connectivity index (χ0v) is 17.7. The van der Waals surface area contributed by atoms with Gasteiger partial charge in [0.15, 0.2) is 11.5 Å². The molecule has 2 aliphatic heterocycles. The summed E-state index contributed by atoms with van der Waals surface area (Å²) in [5, 5.41) is 2.80. The Kier molecular flexibility index (Phi) is 5.47. The van der Waals surface area contributed by atoms with Gasteiger partial charge in [0.25, 0.3) is 0 Å². The summed E-state index contributed by atoms with van der Waals surface area (Å²) in [7, 11) is 0. The molecule has 1 fully saturated rings. The van der Waals surface area contributed by atoms with E-state index in [1.54, 1.807) is 0 Å². The average Bonchev–Trinajstić information content (AvgIpc) is 3.17. The van der Waals surface area contributed by atoms with E-state index in [1.165, 1.54) is 5.57 Å². The maximum atomic E-state index is 12.1. The highest BCUT2D eigenvalue weighted by Gasteiger charge is 2.54. The van der Waals surface area contributed by atoms with Crippen LogP contribution in [0.3, 0.4) is 0 Å². The first-order valence-corrected chi connectivity index (χ1v) is 10.6. The van der Waals surface area contributed by atoms with Crippen LogP contribution in [-0.4, -0.2) is 32.6 Å². The van der Waals surface area contributed by atoms with Gasteiger partial charge in [-0.1, -0.05) is 38.5 Å². The van der Waals surface area contributed by atoms with Gasteiger partial charge in [-0.15, -0.1) is 0 Å². The van der Waals surface area contributed by atoms with Gasteiger partial charge in [-0.25, -0.2) is 4.79 Å². The largest absolute Gasteiger partial charge is 0.454 e. The van der Waals surface area contributed by atoms with Crippen LogP contribution in [0.1, 0.15) is 45.8 Å². The fourth-order valence-electron chi connectivity index (χ4n) is 5.13. The normalized spacial score (nSPS) is 32.5. The summed E-state index contributed by atoms with van der Waals surface area (Å²) >= 11 is 0. The van der Waals surface area contributed by atoms with E-state index in [4.69, 9.17) is 18.9 Å². The van der Waals surface area contributed by atoms with Gasteiger partial charge in [0, 0.05) is 17.9 Å². The van der Waals surface area contributed by atoms with Gasteiger partial charge in [-0.05, 0) is 42.9 Å². The fraction of sp³-hybridized carbons (Fsp3) is 0.609. The number of amides is 1. The number of benzene rings is 1. The van der Waals surface area contributed by atoms with Crippen molar-refractivity contribution in [1.29, 1.82) is 0 Å². The number of allylic oxidation sites excluding steroid dienone is 1. The zero-order chi connectivity index (χ0) is 20.6. The Hall–Kier alpha value is -2.21. The van der Waals surface area contributed by atoms with E-state index in [1.807, 2.05) is 19.1 Å². The summed E-state index contributed by atoms with van der Waals surface area (Å²) in [4.78, 5) is 12.1. The topological polar surface area (TPSA) is 66.0 Å². The van der Waals surface area contributed by atoms with Gasteiger partial charge in [0.05, 0.1) is 12.7 Å². The van der Waals surface area contributed by atoms with Gasteiger partial charge < -0.3 is 24.3 Å². The Bertz CT molecular complexity index is 806. The summed E-state index contributed by atoms with van der Waals surface area (Å²) in [5.74, 6) is 2.36. The van der Waals surface area contributed by atoms with Crippen molar-refractivity contribution in [3.05, 3.63) is 35.4 Å². The zero-order valence-electron chi connectivity index (χ0n) is 17.7. The summed E-state index contributed by atoms with van der Waals surface area (Å²) < 4.78 is 23.1. The molecular formula is C23H31NO5. The van der Waals surface area contributed by atoms with E-state index < -0.39 is 0 Å². The Labute approximate surface area is 172 Å². The lowest BCUT2D eigenvalue weighted by Crippen LogP contribution is -2.54. The number of rotatable bonds is 5. The molecule has 0 spiro atoms. The predicted molar refractivity (Wildman–Crippen MR) is 109 cm³/mol. The van der Waals surface area contributed by atoms with E-state index in [0.717, 1.165) is 23.5 Å². The molecule has 29 heavy (non-hydrogen) atoms. The third-order valence-corrected chi connectivity index (χ3v) is 6.97. The Morgan fingerprint density at radius 3 is 2.86 bits per heavy atom. The quantitative estimate of drug-likeness (QED) is 0.738. The number of hydrogen-bond acceptors (Lipinski definition) is 5. The lowest BCUT2D eigenvalue weighted by molar-refractivity contribution is -0.165. The lowest BCUT2D eigenvalue weighted by atomic mass is 9.56. The number of alkyl carbamates (subject to hydrolysis) is 1. The lowest BCUT2D eigenvalue weighted by Gasteiger charge is -2.55. The van der Waals surface area contributed by atoms with Gasteiger partial charge in [-0.3, -0.25) is 0 Å². The molecule has 0 unspecified atom stereocenters. The van der Waals surface area contributed by atoms with E-state index in [2.05, 4.69) is 38.2 Å². The second-order valence-electron chi connectivity index (χ2n) is 8.59. The van der Waals surface area contributed by atoms with Gasteiger partial charge in [0.1, 0.15) is 6.61 Å². The van der Waals surface area contributed by atoms with E-state index in [-0.39, 0.29) is 36.2 Å². The summed E-state index contributed by atoms with van der Waals surface area (Å²) in [6.45, 7) is 10.5. The van der Waals surface area contributed by atoms with Crippen molar-refractivity contribution >= 4 is 6.09 Å². The van der Waals surface area contributed by atoms with Crippen LogP contribution >= 0.6 is 0 Å². The molecule has 2 heterocycles. The van der Waals surface area contributed by atoms with Crippen LogP contribution in [0.4, 0.5) is 4.79 Å². The smallest absolute Gasteiger partial charge is 0.407 e. The molecular weight excluding hydrogens is 370 g/mol. The van der Waals surface area contributed by atoms with Crippen molar-refractivity contribution in [1.82, 2.24) is 5.32 Å². The van der Waals surface area contributed by atoms with Gasteiger partial charge in [0.2, 0.25) is 6.79 Å². The highest BCUT2D eigenvalue weighted by Crippen LogP contribution is 2.56. The van der Waals surface area contributed by atoms with Crippen molar-refractivity contribution in [2.45, 2.75) is 40.2 Å². The molecule has 2 bridgehead atoms. The third-order valence-electron chi connectivity index (χ3n) is 6.97. The second-order valence-corrected chi connectivity index (χ2v) is 8.59. The fourth-order valence-corrected chi connectivity index (χ4v) is 5.13. The maximum absolute atomic E-state index is 12.1. The van der Waals surface area contributed by atoms with Crippen LogP contribution < -0.4 is 14.8 Å². The van der Waals surface area contributed by atoms with Crippen LogP contribution in [-0.2, 0) is 9.47 Å². The number of nitrogens with one attached hydrogen (secondary N) is 1. The Balaban J connectivity index is 1.57. The van der Waals surface area contributed by atoms with Crippen molar-refractivity contribution < 1.29 is 23.7 Å². The van der Waals surface area contributed by atoms with E-state index >= 15 is 0 Å². The van der Waals surface area contributed by atoms with Crippen molar-refractivity contribution in [3.63, 3.8) is 0 Å². The third kappa shape index (κ3) is 3.48. The minimum absolute atomic E-state index is 0.0507. The van der Waals surface area contributed by atoms with E-state index in [9.17, 15) is 4.79 Å². The first-order valence-electron chi connectivity index (χ1n) is 10.6. The Morgan fingerprint density at radius 1 is 1.28 bits per heavy atom. The molecule has 6 nitrogen and oxygen atoms in total. The summed E-state index contributed by atoms with van der Waals surface area (Å²) in [6, 6.07) is 6.06. The first kappa shape index (κ1) is 20.1. The van der Waals surface area contributed by atoms with E-state index in [0.29, 0.717) is 25.7 Å². The van der Waals surface area contributed by atoms with Crippen molar-refractivity contribution in [2.24, 2.45) is 23.2 Å². The molecule has 0 aromatic heterocycles. The van der Waals surface area contributed by atoms with Crippen molar-refractivity contribution in [2.75, 3.05) is 26.6 Å². The molecule has 3 aliphatic rings. The van der Waals surface area contributed by atoms with Crippen LogP contribution in [0.25, 0.3) is 0 Å². The molecule has 5 atom stereocenters. The molecule has 1 amide bonds. The van der Waals surface area contributed by atoms with Gasteiger partial charge >= 0.3 is 6.09 Å². The minimum Gasteiger partial charge on any atom is -0.454 e. The highest BCUT2D eigenvalue weighted by molar-refractivity contribution is 5.67. The molecule has 158 valence electrons. The van der Waals surface area contributed by atoms with Crippen LogP contribution in [0.2, 0.25) is 0 Å². The predicted octanol–water partition coefficient (Wildman–Crippen LogP) is 4.46. The highest BCUT2D eigenvalue weighted by atomic mass is 16.7. The molecule has 1 N–H and O–H groups in total. The first-order chi connectivity index (χ1) is 14.0. The summed E-state index contributed by atoms with van der Waals surface area (Å²) in [6.07, 6.45) is 2.82. The molecule has 1 aromatic rings. The molecule has 6 heteroatoms. The number of carbonyl (C=O) groups is 1. The van der Waals surface area contributed by atoms with Crippen molar-refractivity contribution in [3.8, 4) is 11.5 Å². The molecule has 0 radical (unpaired) electrons. The number of carbonyl (C=O) groups excluding carboxylic acids is 1. The van der Waals surface area contributed by atoms with Crippen LogP contribution in [0.5, 0.6) is 11.5 Å². The van der Waals surface area contributed by atoms with Crippen LogP contribution in [0.15, 0.2) is 29.8 Å². The minimum atomic E-state index is -0.346.